The first-order valence-corrected chi connectivity index (χ1v) is 6.12. The number of nitrogens with zero attached hydrogens (tertiary/aromatic N) is 7. The van der Waals surface area contributed by atoms with E-state index in [9.17, 15) is 0 Å². The van der Waals surface area contributed by atoms with E-state index in [1.165, 1.54) is 18.6 Å². The third-order valence-corrected chi connectivity index (χ3v) is 2.66. The Morgan fingerprint density at radius 3 is 2.19 bits per heavy atom. The van der Waals surface area contributed by atoms with Gasteiger partial charge < -0.3 is 10.2 Å². The fourth-order valence-corrected chi connectivity index (χ4v) is 1.52. The monoisotopic (exact) mass is 280 g/mol. The van der Waals surface area contributed by atoms with E-state index in [2.05, 4.69) is 25.3 Å². The zero-order valence-electron chi connectivity index (χ0n) is 11.4. The molecule has 0 unspecified atom stereocenters. The van der Waals surface area contributed by atoms with Gasteiger partial charge in [-0.25, -0.2) is 19.9 Å². The van der Waals surface area contributed by atoms with Gasteiger partial charge in [-0.2, -0.15) is 10.5 Å². The summed E-state index contributed by atoms with van der Waals surface area (Å²) in [6, 6.07) is 3.84. The molecule has 0 aromatic carbocycles. The van der Waals surface area contributed by atoms with Gasteiger partial charge in [0.05, 0.1) is 24.8 Å². The van der Waals surface area contributed by atoms with E-state index in [0.29, 0.717) is 24.7 Å². The van der Waals surface area contributed by atoms with Crippen molar-refractivity contribution in [3.8, 4) is 12.1 Å². The Bertz CT molecular complexity index is 665. The first-order chi connectivity index (χ1) is 10.2. The van der Waals surface area contributed by atoms with Gasteiger partial charge in [-0.05, 0) is 0 Å². The van der Waals surface area contributed by atoms with Crippen molar-refractivity contribution >= 4 is 11.6 Å². The molecule has 0 amide bonds. The van der Waals surface area contributed by atoms with E-state index in [4.69, 9.17) is 10.5 Å². The quantitative estimate of drug-likeness (QED) is 0.844. The number of nitrogens with one attached hydrogen (secondary N) is 1. The van der Waals surface area contributed by atoms with Gasteiger partial charge in [0.15, 0.2) is 11.4 Å². The minimum Gasteiger partial charge on any atom is -0.367 e. The topological polar surface area (TPSA) is 114 Å². The lowest BCUT2D eigenvalue weighted by Crippen LogP contribution is -2.26. The van der Waals surface area contributed by atoms with Crippen LogP contribution in [0.1, 0.15) is 11.4 Å². The van der Waals surface area contributed by atoms with Crippen molar-refractivity contribution in [2.75, 3.05) is 30.4 Å². The summed E-state index contributed by atoms with van der Waals surface area (Å²) in [6.45, 7) is 1.29. The fraction of sp³-hybridized carbons (Fsp3) is 0.231. The third-order valence-electron chi connectivity index (χ3n) is 2.66. The van der Waals surface area contributed by atoms with Crippen LogP contribution in [-0.2, 0) is 0 Å². The molecule has 8 heteroatoms. The molecule has 8 nitrogen and oxygen atoms in total. The smallest absolute Gasteiger partial charge is 0.158 e. The van der Waals surface area contributed by atoms with Gasteiger partial charge in [0.1, 0.15) is 23.8 Å². The van der Waals surface area contributed by atoms with Gasteiger partial charge in [0, 0.05) is 20.1 Å². The third kappa shape index (κ3) is 3.85. The van der Waals surface area contributed by atoms with Crippen LogP contribution >= 0.6 is 0 Å². The Morgan fingerprint density at radius 1 is 1.00 bits per heavy atom. The summed E-state index contributed by atoms with van der Waals surface area (Å²) in [4.78, 5) is 18.0. The second-order valence-corrected chi connectivity index (χ2v) is 4.12. The maximum absolute atomic E-state index is 8.66. The van der Waals surface area contributed by atoms with Crippen LogP contribution in [0.2, 0.25) is 0 Å². The molecule has 0 spiro atoms. The fourth-order valence-electron chi connectivity index (χ4n) is 1.52. The highest BCUT2D eigenvalue weighted by atomic mass is 15.2. The van der Waals surface area contributed by atoms with Crippen molar-refractivity contribution in [1.29, 1.82) is 10.5 Å². The second kappa shape index (κ2) is 6.78. The van der Waals surface area contributed by atoms with E-state index >= 15 is 0 Å². The molecule has 0 bridgehead atoms. The predicted molar refractivity (Wildman–Crippen MR) is 75.3 cm³/mol. The van der Waals surface area contributed by atoms with Crippen molar-refractivity contribution < 1.29 is 0 Å². The van der Waals surface area contributed by atoms with Crippen LogP contribution in [0.4, 0.5) is 11.6 Å². The summed E-state index contributed by atoms with van der Waals surface area (Å²) in [6.07, 6.45) is 5.92. The summed E-state index contributed by atoms with van der Waals surface area (Å²) in [5.74, 6) is 1.29. The molecular formula is C13H12N8. The minimum absolute atomic E-state index is 0.283. The molecule has 2 heterocycles. The van der Waals surface area contributed by atoms with E-state index in [1.54, 1.807) is 6.20 Å². The Hall–Kier alpha value is -3.26. The zero-order chi connectivity index (χ0) is 15.1. The second-order valence-electron chi connectivity index (χ2n) is 4.12. The number of rotatable bonds is 5. The first-order valence-electron chi connectivity index (χ1n) is 6.12. The molecule has 0 aliphatic rings. The number of aromatic nitrogens is 4. The molecule has 2 aromatic rings. The largest absolute Gasteiger partial charge is 0.367 e. The number of likely N-dealkylation sites (N-methyl/N-ethyl adjacent to an activating group) is 1. The highest BCUT2D eigenvalue weighted by Gasteiger charge is 2.03. The molecule has 21 heavy (non-hydrogen) atoms. The predicted octanol–water partition coefficient (Wildman–Crippen LogP) is 0.558. The lowest BCUT2D eigenvalue weighted by Gasteiger charge is -2.17. The van der Waals surface area contributed by atoms with Gasteiger partial charge in [0.25, 0.3) is 0 Å². The van der Waals surface area contributed by atoms with Gasteiger partial charge in [-0.15, -0.1) is 0 Å². The van der Waals surface area contributed by atoms with Crippen molar-refractivity contribution in [2.45, 2.75) is 0 Å². The molecule has 0 atom stereocenters. The maximum atomic E-state index is 8.66. The lowest BCUT2D eigenvalue weighted by molar-refractivity contribution is 0.881. The number of nitriles is 2. The van der Waals surface area contributed by atoms with E-state index < -0.39 is 0 Å². The molecule has 0 aliphatic carbocycles. The molecule has 1 N–H and O–H groups in total. The summed E-state index contributed by atoms with van der Waals surface area (Å²) in [5, 5.41) is 20.4. The van der Waals surface area contributed by atoms with Crippen molar-refractivity contribution in [3.05, 3.63) is 36.2 Å². The van der Waals surface area contributed by atoms with Crippen molar-refractivity contribution in [3.63, 3.8) is 0 Å². The van der Waals surface area contributed by atoms with Crippen LogP contribution in [0.5, 0.6) is 0 Å². The van der Waals surface area contributed by atoms with Crippen LogP contribution in [-0.4, -0.2) is 40.1 Å². The average molecular weight is 280 g/mol. The number of hydrogen-bond donors (Lipinski definition) is 1. The van der Waals surface area contributed by atoms with Crippen LogP contribution in [0.25, 0.3) is 0 Å². The SMILES string of the molecule is CN(CCNc1cnc(C#N)cn1)c1cnc(C#N)cn1. The molecule has 0 saturated carbocycles. The molecule has 2 rings (SSSR count). The number of hydrogen-bond acceptors (Lipinski definition) is 8. The van der Waals surface area contributed by atoms with Crippen LogP contribution in [0.15, 0.2) is 24.8 Å². The minimum atomic E-state index is 0.283. The zero-order valence-corrected chi connectivity index (χ0v) is 11.4. The Kier molecular flexibility index (Phi) is 4.57. The molecule has 2 aromatic heterocycles. The molecule has 0 radical (unpaired) electrons. The van der Waals surface area contributed by atoms with Crippen LogP contribution in [0, 0.1) is 22.7 Å². The highest BCUT2D eigenvalue weighted by Crippen LogP contribution is 2.06. The van der Waals surface area contributed by atoms with Crippen molar-refractivity contribution in [1.82, 2.24) is 19.9 Å². The van der Waals surface area contributed by atoms with Gasteiger partial charge in [0.2, 0.25) is 0 Å². The van der Waals surface area contributed by atoms with Gasteiger partial charge in [-0.1, -0.05) is 0 Å². The molecule has 104 valence electrons. The van der Waals surface area contributed by atoms with E-state index in [-0.39, 0.29) is 11.4 Å². The van der Waals surface area contributed by atoms with E-state index in [1.807, 2.05) is 24.1 Å². The number of anilines is 2. The van der Waals surface area contributed by atoms with E-state index in [0.717, 1.165) is 0 Å². The van der Waals surface area contributed by atoms with Gasteiger partial charge >= 0.3 is 0 Å². The Morgan fingerprint density at radius 2 is 1.67 bits per heavy atom. The molecule has 0 fully saturated rings. The molecule has 0 aliphatic heterocycles. The van der Waals surface area contributed by atoms with Crippen LogP contribution < -0.4 is 10.2 Å². The summed E-state index contributed by atoms with van der Waals surface area (Å²) < 4.78 is 0. The Balaban J connectivity index is 1.84. The summed E-state index contributed by atoms with van der Waals surface area (Å²) in [5.41, 5.74) is 0.573. The van der Waals surface area contributed by atoms with Gasteiger partial charge in [-0.3, -0.25) is 0 Å². The van der Waals surface area contributed by atoms with Crippen molar-refractivity contribution in [2.24, 2.45) is 0 Å². The normalized spacial score (nSPS) is 9.48. The first kappa shape index (κ1) is 14.2. The highest BCUT2D eigenvalue weighted by molar-refractivity contribution is 5.37. The Labute approximate surface area is 121 Å². The average Bonchev–Trinajstić information content (AvgIpc) is 2.55. The summed E-state index contributed by atoms with van der Waals surface area (Å²) in [7, 11) is 1.88. The standard InChI is InChI=1S/C13H12N8/c1-21(13-9-18-11(5-15)7-20-13)3-2-16-12-8-17-10(4-14)6-19-12/h6-9H,2-3H2,1H3,(H,16,19). The lowest BCUT2D eigenvalue weighted by atomic mass is 10.4. The van der Waals surface area contributed by atoms with Crippen LogP contribution in [0.3, 0.4) is 0 Å². The molecule has 0 saturated heterocycles. The maximum Gasteiger partial charge on any atom is 0.158 e. The summed E-state index contributed by atoms with van der Waals surface area (Å²) >= 11 is 0. The molecular weight excluding hydrogens is 268 g/mol.